The van der Waals surface area contributed by atoms with Gasteiger partial charge in [-0.1, -0.05) is 20.8 Å². The number of hydrogen-bond donors (Lipinski definition) is 2. The van der Waals surface area contributed by atoms with Crippen LogP contribution >= 0.6 is 0 Å². The molecule has 0 rings (SSSR count). The van der Waals surface area contributed by atoms with Crippen LogP contribution < -0.4 is 5.32 Å². The number of aliphatic hydroxyl groups is 1. The molecule has 0 bridgehead atoms. The summed E-state index contributed by atoms with van der Waals surface area (Å²) in [5.74, 6) is 0. The van der Waals surface area contributed by atoms with Gasteiger partial charge in [-0.05, 0) is 26.2 Å². The zero-order valence-electron chi connectivity index (χ0n) is 8.85. The van der Waals surface area contributed by atoms with Crippen LogP contribution in [0.15, 0.2) is 0 Å². The number of hydrogen-bond acceptors (Lipinski definition) is 2. The molecule has 1 atom stereocenters. The smallest absolute Gasteiger partial charge is 0.0636 e. The zero-order chi connectivity index (χ0) is 9.61. The van der Waals surface area contributed by atoms with Crippen LogP contribution in [0.1, 0.15) is 47.0 Å². The van der Waals surface area contributed by atoms with Gasteiger partial charge >= 0.3 is 0 Å². The molecule has 0 heterocycles. The molecular weight excluding hydrogens is 150 g/mol. The molecule has 0 aliphatic heterocycles. The van der Waals surface area contributed by atoms with E-state index in [1.54, 1.807) is 0 Å². The number of aliphatic hydroxyl groups excluding tert-OH is 1. The second kappa shape index (κ2) is 5.55. The van der Waals surface area contributed by atoms with Crippen molar-refractivity contribution in [1.82, 2.24) is 5.32 Å². The van der Waals surface area contributed by atoms with Crippen molar-refractivity contribution < 1.29 is 5.11 Å². The standard InChI is InChI=1S/C10H23NO/c1-5-10(6-2,7-3)11-8-9(4)12/h9,11-12H,5-8H2,1-4H3. The summed E-state index contributed by atoms with van der Waals surface area (Å²) in [6, 6.07) is 0. The average Bonchev–Trinajstić information content (AvgIpc) is 2.08. The molecule has 0 fully saturated rings. The van der Waals surface area contributed by atoms with Crippen LogP contribution in [0.2, 0.25) is 0 Å². The fourth-order valence-corrected chi connectivity index (χ4v) is 1.49. The van der Waals surface area contributed by atoms with Gasteiger partial charge in [-0.15, -0.1) is 0 Å². The molecule has 2 N–H and O–H groups in total. The van der Waals surface area contributed by atoms with Crippen molar-refractivity contribution in [3.63, 3.8) is 0 Å². The summed E-state index contributed by atoms with van der Waals surface area (Å²) in [6.07, 6.45) is 3.15. The third kappa shape index (κ3) is 3.55. The van der Waals surface area contributed by atoms with E-state index in [4.69, 9.17) is 5.11 Å². The van der Waals surface area contributed by atoms with E-state index >= 15 is 0 Å². The molecule has 12 heavy (non-hydrogen) atoms. The topological polar surface area (TPSA) is 32.3 Å². The van der Waals surface area contributed by atoms with Gasteiger partial charge in [-0.3, -0.25) is 0 Å². The normalized spacial score (nSPS) is 14.8. The largest absolute Gasteiger partial charge is 0.392 e. The van der Waals surface area contributed by atoms with Crippen molar-refractivity contribution in [2.75, 3.05) is 6.54 Å². The Kier molecular flexibility index (Phi) is 5.51. The first-order chi connectivity index (χ1) is 5.60. The van der Waals surface area contributed by atoms with Crippen LogP contribution in [0.5, 0.6) is 0 Å². The average molecular weight is 173 g/mol. The molecule has 0 radical (unpaired) electrons. The lowest BCUT2D eigenvalue weighted by atomic mass is 9.90. The van der Waals surface area contributed by atoms with Crippen LogP contribution in [0.3, 0.4) is 0 Å². The van der Waals surface area contributed by atoms with E-state index < -0.39 is 0 Å². The summed E-state index contributed by atoms with van der Waals surface area (Å²) in [7, 11) is 0. The van der Waals surface area contributed by atoms with Crippen molar-refractivity contribution >= 4 is 0 Å². The first-order valence-corrected chi connectivity index (χ1v) is 5.03. The Bertz CT molecular complexity index is 100. The number of nitrogens with one attached hydrogen (secondary N) is 1. The molecule has 0 spiro atoms. The lowest BCUT2D eigenvalue weighted by molar-refractivity contribution is 0.164. The Hall–Kier alpha value is -0.0800. The monoisotopic (exact) mass is 173 g/mol. The van der Waals surface area contributed by atoms with E-state index in [0.29, 0.717) is 6.54 Å². The van der Waals surface area contributed by atoms with E-state index in [9.17, 15) is 0 Å². The van der Waals surface area contributed by atoms with Crippen molar-refractivity contribution in [1.29, 1.82) is 0 Å². The second-order valence-corrected chi connectivity index (χ2v) is 3.57. The van der Waals surface area contributed by atoms with Crippen molar-refractivity contribution in [3.05, 3.63) is 0 Å². The lowest BCUT2D eigenvalue weighted by Crippen LogP contribution is -2.46. The Balaban J connectivity index is 3.93. The first-order valence-electron chi connectivity index (χ1n) is 5.03. The first kappa shape index (κ1) is 11.9. The van der Waals surface area contributed by atoms with Gasteiger partial charge in [0.1, 0.15) is 0 Å². The van der Waals surface area contributed by atoms with Crippen molar-refractivity contribution in [3.8, 4) is 0 Å². The van der Waals surface area contributed by atoms with Gasteiger partial charge < -0.3 is 10.4 Å². The summed E-state index contributed by atoms with van der Waals surface area (Å²) in [5.41, 5.74) is 0.247. The van der Waals surface area contributed by atoms with Gasteiger partial charge in [-0.25, -0.2) is 0 Å². The summed E-state index contributed by atoms with van der Waals surface area (Å²) in [6.45, 7) is 9.11. The van der Waals surface area contributed by atoms with Crippen LogP contribution in [0.25, 0.3) is 0 Å². The second-order valence-electron chi connectivity index (χ2n) is 3.57. The molecule has 74 valence electrons. The summed E-state index contributed by atoms with van der Waals surface area (Å²) in [5, 5.41) is 12.6. The van der Waals surface area contributed by atoms with Crippen molar-refractivity contribution in [2.45, 2.75) is 58.6 Å². The number of β-amino-alcohol motifs (C(OH)–C–C–N with tert-alkyl or cyclic N) is 1. The highest BCUT2D eigenvalue weighted by atomic mass is 16.3. The molecule has 1 unspecified atom stereocenters. The van der Waals surface area contributed by atoms with Gasteiger partial charge in [0, 0.05) is 12.1 Å². The molecule has 0 saturated heterocycles. The minimum Gasteiger partial charge on any atom is -0.392 e. The van der Waals surface area contributed by atoms with Gasteiger partial charge in [0.15, 0.2) is 0 Å². The molecular formula is C10H23NO. The summed E-state index contributed by atoms with van der Waals surface area (Å²) < 4.78 is 0. The van der Waals surface area contributed by atoms with Crippen molar-refractivity contribution in [2.24, 2.45) is 0 Å². The highest BCUT2D eigenvalue weighted by Gasteiger charge is 2.22. The third-order valence-electron chi connectivity index (χ3n) is 2.80. The van der Waals surface area contributed by atoms with Crippen LogP contribution in [0.4, 0.5) is 0 Å². The predicted octanol–water partition coefficient (Wildman–Crippen LogP) is 1.93. The Morgan fingerprint density at radius 3 is 1.83 bits per heavy atom. The predicted molar refractivity (Wildman–Crippen MR) is 53.3 cm³/mol. The van der Waals surface area contributed by atoms with Gasteiger partial charge in [0.05, 0.1) is 6.10 Å². The summed E-state index contributed by atoms with van der Waals surface area (Å²) >= 11 is 0. The van der Waals surface area contributed by atoms with Gasteiger partial charge in [-0.2, -0.15) is 0 Å². The van der Waals surface area contributed by atoms with E-state index in [2.05, 4.69) is 26.1 Å². The minimum absolute atomic E-state index is 0.242. The molecule has 0 aromatic carbocycles. The fraction of sp³-hybridized carbons (Fsp3) is 1.00. The zero-order valence-corrected chi connectivity index (χ0v) is 8.85. The van der Waals surface area contributed by atoms with Gasteiger partial charge in [0.2, 0.25) is 0 Å². The quantitative estimate of drug-likeness (QED) is 0.643. The number of rotatable bonds is 6. The molecule has 2 heteroatoms. The maximum atomic E-state index is 9.14. The van der Waals surface area contributed by atoms with E-state index in [1.807, 2.05) is 6.92 Å². The van der Waals surface area contributed by atoms with Crippen LogP contribution in [-0.2, 0) is 0 Å². The Labute approximate surface area is 76.4 Å². The highest BCUT2D eigenvalue weighted by Crippen LogP contribution is 2.18. The molecule has 0 aliphatic carbocycles. The Morgan fingerprint density at radius 2 is 1.58 bits per heavy atom. The highest BCUT2D eigenvalue weighted by molar-refractivity contribution is 4.84. The van der Waals surface area contributed by atoms with E-state index in [0.717, 1.165) is 19.3 Å². The van der Waals surface area contributed by atoms with Gasteiger partial charge in [0.25, 0.3) is 0 Å². The maximum Gasteiger partial charge on any atom is 0.0636 e. The van der Waals surface area contributed by atoms with E-state index in [1.165, 1.54) is 0 Å². The fourth-order valence-electron chi connectivity index (χ4n) is 1.49. The lowest BCUT2D eigenvalue weighted by Gasteiger charge is -2.32. The minimum atomic E-state index is -0.242. The summed E-state index contributed by atoms with van der Waals surface area (Å²) in [4.78, 5) is 0. The Morgan fingerprint density at radius 1 is 1.17 bits per heavy atom. The molecule has 0 amide bonds. The van der Waals surface area contributed by atoms with E-state index in [-0.39, 0.29) is 11.6 Å². The maximum absolute atomic E-state index is 9.14. The molecule has 0 saturated carbocycles. The van der Waals surface area contributed by atoms with Crippen LogP contribution in [0, 0.1) is 0 Å². The van der Waals surface area contributed by atoms with Crippen LogP contribution in [-0.4, -0.2) is 23.3 Å². The SMILES string of the molecule is CCC(CC)(CC)NCC(C)O. The third-order valence-corrected chi connectivity index (χ3v) is 2.80. The molecule has 2 nitrogen and oxygen atoms in total. The molecule has 0 aromatic heterocycles. The molecule has 0 aliphatic rings. The molecule has 0 aromatic rings.